The van der Waals surface area contributed by atoms with E-state index >= 15 is 0 Å². The normalized spacial score (nSPS) is 16.6. The molecule has 8 heteroatoms. The van der Waals surface area contributed by atoms with Gasteiger partial charge in [0.2, 0.25) is 5.95 Å². The third-order valence-corrected chi connectivity index (χ3v) is 3.75. The monoisotopic (exact) mass is 292 g/mol. The van der Waals surface area contributed by atoms with Crippen LogP contribution in [0.5, 0.6) is 0 Å². The molecule has 3 heterocycles. The lowest BCUT2D eigenvalue weighted by molar-refractivity contribution is 0.156. The molecular formula is C13H20N6O2. The number of methoxy groups -OCH3 is 1. The van der Waals surface area contributed by atoms with E-state index in [1.54, 1.807) is 13.2 Å². The lowest BCUT2D eigenvalue weighted by Gasteiger charge is -2.30. The van der Waals surface area contributed by atoms with Crippen molar-refractivity contribution < 1.29 is 9.26 Å². The number of aromatic amines is 1. The van der Waals surface area contributed by atoms with Crippen molar-refractivity contribution in [1.82, 2.24) is 25.7 Å². The smallest absolute Gasteiger partial charge is 0.245 e. The molecule has 0 spiro atoms. The van der Waals surface area contributed by atoms with E-state index in [1.807, 2.05) is 7.05 Å². The fraction of sp³-hybridized carbons (Fsp3) is 0.615. The molecule has 0 amide bonds. The molecule has 0 aliphatic carbocycles. The molecule has 2 aromatic heterocycles. The van der Waals surface area contributed by atoms with Crippen LogP contribution in [0.1, 0.15) is 18.6 Å². The molecule has 8 nitrogen and oxygen atoms in total. The first-order valence-corrected chi connectivity index (χ1v) is 7.09. The zero-order valence-electron chi connectivity index (χ0n) is 12.3. The summed E-state index contributed by atoms with van der Waals surface area (Å²) in [6.45, 7) is 2.30. The van der Waals surface area contributed by atoms with E-state index in [0.717, 1.165) is 31.9 Å². The summed E-state index contributed by atoms with van der Waals surface area (Å²) in [5, 5.41) is 14.5. The Bertz CT molecular complexity index is 573. The molecule has 0 unspecified atom stereocenters. The second-order valence-corrected chi connectivity index (χ2v) is 5.15. The predicted octanol–water partition coefficient (Wildman–Crippen LogP) is 0.794. The lowest BCUT2D eigenvalue weighted by atomic mass is 10.1. The average Bonchev–Trinajstić information content (AvgIpc) is 3.16. The van der Waals surface area contributed by atoms with Crippen molar-refractivity contribution in [2.24, 2.45) is 0 Å². The van der Waals surface area contributed by atoms with Crippen molar-refractivity contribution >= 4 is 5.95 Å². The number of ether oxygens (including phenoxy) is 1. The zero-order valence-corrected chi connectivity index (χ0v) is 12.3. The van der Waals surface area contributed by atoms with Gasteiger partial charge in [0, 0.05) is 32.3 Å². The summed E-state index contributed by atoms with van der Waals surface area (Å²) in [6, 6.07) is 2.40. The van der Waals surface area contributed by atoms with E-state index in [-0.39, 0.29) is 0 Å². The highest BCUT2D eigenvalue weighted by atomic mass is 16.5. The van der Waals surface area contributed by atoms with Gasteiger partial charge in [-0.05, 0) is 19.9 Å². The van der Waals surface area contributed by atoms with Gasteiger partial charge in [0.05, 0.1) is 0 Å². The Morgan fingerprint density at radius 3 is 3.00 bits per heavy atom. The van der Waals surface area contributed by atoms with Crippen LogP contribution in [-0.4, -0.2) is 53.6 Å². The number of nitrogens with zero attached hydrogens (tertiary/aromatic N) is 4. The number of rotatable bonds is 5. The number of aromatic nitrogens is 4. The summed E-state index contributed by atoms with van der Waals surface area (Å²) < 4.78 is 10.2. The largest absolute Gasteiger partial charge is 0.377 e. The minimum absolute atomic E-state index is 0.394. The molecule has 114 valence electrons. The van der Waals surface area contributed by atoms with Crippen LogP contribution in [0.3, 0.4) is 0 Å². The molecule has 0 radical (unpaired) electrons. The minimum Gasteiger partial charge on any atom is -0.377 e. The Morgan fingerprint density at radius 2 is 2.29 bits per heavy atom. The second kappa shape index (κ2) is 6.23. The Balaban J connectivity index is 1.68. The number of hydrogen-bond donors (Lipinski definition) is 2. The van der Waals surface area contributed by atoms with Crippen LogP contribution in [0.2, 0.25) is 0 Å². The van der Waals surface area contributed by atoms with Crippen molar-refractivity contribution in [2.75, 3.05) is 32.1 Å². The van der Waals surface area contributed by atoms with Crippen molar-refractivity contribution in [3.05, 3.63) is 11.8 Å². The van der Waals surface area contributed by atoms with Crippen LogP contribution in [0.15, 0.2) is 10.6 Å². The van der Waals surface area contributed by atoms with Crippen LogP contribution >= 0.6 is 0 Å². The van der Waals surface area contributed by atoms with Gasteiger partial charge in [-0.15, -0.1) is 5.10 Å². The van der Waals surface area contributed by atoms with E-state index < -0.39 is 0 Å². The highest BCUT2D eigenvalue weighted by Gasteiger charge is 2.21. The molecule has 2 N–H and O–H groups in total. The van der Waals surface area contributed by atoms with Gasteiger partial charge in [-0.25, -0.2) is 0 Å². The maximum absolute atomic E-state index is 5.16. The molecule has 0 aromatic carbocycles. The Morgan fingerprint density at radius 1 is 1.48 bits per heavy atom. The first kappa shape index (κ1) is 14.0. The van der Waals surface area contributed by atoms with Crippen molar-refractivity contribution in [1.29, 1.82) is 0 Å². The van der Waals surface area contributed by atoms with Crippen LogP contribution in [-0.2, 0) is 11.3 Å². The van der Waals surface area contributed by atoms with E-state index in [4.69, 9.17) is 9.26 Å². The van der Waals surface area contributed by atoms with Crippen LogP contribution in [0.25, 0.3) is 11.5 Å². The van der Waals surface area contributed by atoms with E-state index in [9.17, 15) is 0 Å². The molecule has 2 aromatic rings. The third-order valence-electron chi connectivity index (χ3n) is 3.75. The molecule has 3 rings (SSSR count). The topological polar surface area (TPSA) is 92.1 Å². The zero-order chi connectivity index (χ0) is 14.7. The Kier molecular flexibility index (Phi) is 4.16. The van der Waals surface area contributed by atoms with Gasteiger partial charge in [0.15, 0.2) is 17.3 Å². The second-order valence-electron chi connectivity index (χ2n) is 5.15. The molecule has 1 aliphatic heterocycles. The molecule has 1 fully saturated rings. The molecule has 0 saturated carbocycles. The summed E-state index contributed by atoms with van der Waals surface area (Å²) in [7, 11) is 3.62. The molecule has 0 atom stereocenters. The first-order chi connectivity index (χ1) is 10.3. The Hall–Kier alpha value is -1.93. The van der Waals surface area contributed by atoms with Gasteiger partial charge >= 0.3 is 0 Å². The van der Waals surface area contributed by atoms with Gasteiger partial charge in [-0.1, -0.05) is 5.16 Å². The molecule has 21 heavy (non-hydrogen) atoms. The van der Waals surface area contributed by atoms with Gasteiger partial charge < -0.3 is 19.5 Å². The van der Waals surface area contributed by atoms with Crippen LogP contribution < -0.4 is 10.2 Å². The summed E-state index contributed by atoms with van der Waals surface area (Å²) >= 11 is 0. The summed E-state index contributed by atoms with van der Waals surface area (Å²) in [6.07, 6.45) is 2.20. The lowest BCUT2D eigenvalue weighted by Crippen LogP contribution is -2.41. The maximum Gasteiger partial charge on any atom is 0.245 e. The van der Waals surface area contributed by atoms with Crippen molar-refractivity contribution in [2.45, 2.75) is 25.5 Å². The third kappa shape index (κ3) is 3.06. The molecule has 0 bridgehead atoms. The molecular weight excluding hydrogens is 272 g/mol. The molecule has 1 aliphatic rings. The standard InChI is InChI=1S/C13H20N6O2/c1-14-9-3-5-19(6-4-9)13-15-12(16-17-13)11-7-10(8-20-2)21-18-11/h7,9,14H,3-6,8H2,1-2H3,(H,15,16,17). The van der Waals surface area contributed by atoms with E-state index in [1.165, 1.54) is 0 Å². The first-order valence-electron chi connectivity index (χ1n) is 7.09. The quantitative estimate of drug-likeness (QED) is 0.841. The van der Waals surface area contributed by atoms with Crippen LogP contribution in [0, 0.1) is 0 Å². The fourth-order valence-corrected chi connectivity index (χ4v) is 2.51. The summed E-state index contributed by atoms with van der Waals surface area (Å²) in [5.41, 5.74) is 0.644. The summed E-state index contributed by atoms with van der Waals surface area (Å²) in [5.74, 6) is 2.00. The van der Waals surface area contributed by atoms with Gasteiger partial charge in [0.1, 0.15) is 6.61 Å². The van der Waals surface area contributed by atoms with E-state index in [2.05, 4.69) is 30.6 Å². The number of anilines is 1. The van der Waals surface area contributed by atoms with Crippen molar-refractivity contribution in [3.63, 3.8) is 0 Å². The number of H-pyrrole nitrogens is 1. The number of nitrogens with one attached hydrogen (secondary N) is 2. The summed E-state index contributed by atoms with van der Waals surface area (Å²) in [4.78, 5) is 6.69. The highest BCUT2D eigenvalue weighted by molar-refractivity contribution is 5.51. The van der Waals surface area contributed by atoms with Crippen molar-refractivity contribution in [3.8, 4) is 11.5 Å². The Labute approximate surface area is 122 Å². The molecule has 1 saturated heterocycles. The maximum atomic E-state index is 5.16. The van der Waals surface area contributed by atoms with Gasteiger partial charge in [-0.3, -0.25) is 5.10 Å². The van der Waals surface area contributed by atoms with Gasteiger partial charge in [-0.2, -0.15) is 4.98 Å². The van der Waals surface area contributed by atoms with Crippen LogP contribution in [0.4, 0.5) is 5.95 Å². The number of hydrogen-bond acceptors (Lipinski definition) is 7. The van der Waals surface area contributed by atoms with Gasteiger partial charge in [0.25, 0.3) is 0 Å². The SMILES string of the molecule is CNC1CCN(c2n[nH]c(-c3cc(COC)on3)n2)CC1. The predicted molar refractivity (Wildman–Crippen MR) is 76.9 cm³/mol. The average molecular weight is 292 g/mol. The fourth-order valence-electron chi connectivity index (χ4n) is 2.51. The minimum atomic E-state index is 0.394. The number of piperidine rings is 1. The highest BCUT2D eigenvalue weighted by Crippen LogP contribution is 2.20. The van der Waals surface area contributed by atoms with E-state index in [0.29, 0.717) is 29.9 Å².